The van der Waals surface area contributed by atoms with Crippen LogP contribution in [0.3, 0.4) is 0 Å². The minimum absolute atomic E-state index is 0.288. The number of anilines is 2. The van der Waals surface area contributed by atoms with Gasteiger partial charge in [0.15, 0.2) is 0 Å². The van der Waals surface area contributed by atoms with E-state index < -0.39 is 17.7 Å². The third kappa shape index (κ3) is 2.10. The molecule has 0 radical (unpaired) electrons. The fourth-order valence-electron chi connectivity index (χ4n) is 2.26. The first-order chi connectivity index (χ1) is 10.5. The van der Waals surface area contributed by atoms with Gasteiger partial charge in [0.1, 0.15) is 18.1 Å². The molecule has 3 rings (SSSR count). The van der Waals surface area contributed by atoms with Crippen LogP contribution in [0.15, 0.2) is 30.5 Å². The third-order valence-electron chi connectivity index (χ3n) is 3.44. The van der Waals surface area contributed by atoms with Gasteiger partial charge in [-0.3, -0.25) is 24.0 Å². The molecule has 0 aliphatic carbocycles. The summed E-state index contributed by atoms with van der Waals surface area (Å²) in [6, 6.07) is 6.47. The van der Waals surface area contributed by atoms with E-state index in [9.17, 15) is 14.4 Å². The SMILES string of the molecule is Cn1ncc(NC(=O)CN2C(=O)c3ccccc3C2=O)c1N. The summed E-state index contributed by atoms with van der Waals surface area (Å²) in [6.07, 6.45) is 1.40. The molecule has 1 aliphatic rings. The van der Waals surface area contributed by atoms with E-state index in [1.165, 1.54) is 10.9 Å². The lowest BCUT2D eigenvalue weighted by Crippen LogP contribution is -2.37. The summed E-state index contributed by atoms with van der Waals surface area (Å²) in [5.41, 5.74) is 6.67. The Hall–Kier alpha value is -3.16. The summed E-state index contributed by atoms with van der Waals surface area (Å²) in [7, 11) is 1.63. The predicted octanol–water partition coefficient (Wildman–Crippen LogP) is 0.237. The third-order valence-corrected chi connectivity index (χ3v) is 3.44. The molecule has 2 aromatic rings. The minimum Gasteiger partial charge on any atom is -0.382 e. The Bertz CT molecular complexity index is 761. The Kier molecular flexibility index (Phi) is 3.13. The number of nitrogens with two attached hydrogens (primary N) is 1. The van der Waals surface area contributed by atoms with E-state index >= 15 is 0 Å². The fraction of sp³-hybridized carbons (Fsp3) is 0.143. The van der Waals surface area contributed by atoms with Crippen molar-refractivity contribution in [1.29, 1.82) is 0 Å². The monoisotopic (exact) mass is 299 g/mol. The number of carbonyl (C=O) groups is 3. The van der Waals surface area contributed by atoms with Crippen LogP contribution in [-0.2, 0) is 11.8 Å². The average Bonchev–Trinajstić information content (AvgIpc) is 2.94. The number of nitrogen functional groups attached to an aromatic ring is 1. The van der Waals surface area contributed by atoms with Crippen molar-refractivity contribution in [2.75, 3.05) is 17.6 Å². The number of aromatic nitrogens is 2. The molecule has 8 nitrogen and oxygen atoms in total. The molecule has 0 atom stereocenters. The summed E-state index contributed by atoms with van der Waals surface area (Å²) in [5.74, 6) is -1.19. The van der Waals surface area contributed by atoms with Gasteiger partial charge in [0.05, 0.1) is 17.3 Å². The van der Waals surface area contributed by atoms with Gasteiger partial charge < -0.3 is 11.1 Å². The van der Waals surface area contributed by atoms with Crippen LogP contribution in [0.25, 0.3) is 0 Å². The molecular formula is C14H13N5O3. The number of fused-ring (bicyclic) bond motifs is 1. The standard InChI is InChI=1S/C14H13N5O3/c1-18-12(15)10(6-16-18)17-11(20)7-19-13(21)8-4-2-3-5-9(8)14(19)22/h2-6H,7,15H2,1H3,(H,17,20). The Labute approximate surface area is 125 Å². The van der Waals surface area contributed by atoms with E-state index in [-0.39, 0.29) is 12.4 Å². The molecule has 1 aliphatic heterocycles. The smallest absolute Gasteiger partial charge is 0.262 e. The fourth-order valence-corrected chi connectivity index (χ4v) is 2.26. The van der Waals surface area contributed by atoms with E-state index in [0.717, 1.165) is 4.90 Å². The quantitative estimate of drug-likeness (QED) is 0.789. The second-order valence-electron chi connectivity index (χ2n) is 4.86. The van der Waals surface area contributed by atoms with E-state index in [0.29, 0.717) is 16.8 Å². The first-order valence-electron chi connectivity index (χ1n) is 6.51. The van der Waals surface area contributed by atoms with Gasteiger partial charge in [0.25, 0.3) is 11.8 Å². The van der Waals surface area contributed by atoms with Crippen molar-refractivity contribution in [1.82, 2.24) is 14.7 Å². The Balaban J connectivity index is 1.74. The molecule has 0 fully saturated rings. The Morgan fingerprint density at radius 2 is 1.82 bits per heavy atom. The van der Waals surface area contributed by atoms with Crippen LogP contribution in [0.2, 0.25) is 0 Å². The zero-order valence-corrected chi connectivity index (χ0v) is 11.7. The van der Waals surface area contributed by atoms with Crippen molar-refractivity contribution >= 4 is 29.2 Å². The highest BCUT2D eigenvalue weighted by molar-refractivity contribution is 6.22. The van der Waals surface area contributed by atoms with Crippen molar-refractivity contribution in [3.05, 3.63) is 41.6 Å². The zero-order chi connectivity index (χ0) is 15.9. The second kappa shape index (κ2) is 4.99. The number of imide groups is 1. The molecule has 3 amide bonds. The molecule has 0 saturated carbocycles. The number of hydrogen-bond acceptors (Lipinski definition) is 5. The molecular weight excluding hydrogens is 286 g/mol. The second-order valence-corrected chi connectivity index (χ2v) is 4.86. The lowest BCUT2D eigenvalue weighted by molar-refractivity contribution is -0.116. The highest BCUT2D eigenvalue weighted by Crippen LogP contribution is 2.22. The number of benzene rings is 1. The van der Waals surface area contributed by atoms with Crippen molar-refractivity contribution in [3.8, 4) is 0 Å². The van der Waals surface area contributed by atoms with Crippen LogP contribution in [0.5, 0.6) is 0 Å². The molecule has 22 heavy (non-hydrogen) atoms. The zero-order valence-electron chi connectivity index (χ0n) is 11.7. The molecule has 112 valence electrons. The number of hydrogen-bond donors (Lipinski definition) is 2. The lowest BCUT2D eigenvalue weighted by atomic mass is 10.1. The van der Waals surface area contributed by atoms with Crippen LogP contribution in [-0.4, -0.2) is 38.9 Å². The molecule has 1 aromatic heterocycles. The maximum Gasteiger partial charge on any atom is 0.262 e. The Morgan fingerprint density at radius 1 is 1.23 bits per heavy atom. The number of nitrogens with zero attached hydrogens (tertiary/aromatic N) is 3. The van der Waals surface area contributed by atoms with Crippen LogP contribution in [0, 0.1) is 0 Å². The lowest BCUT2D eigenvalue weighted by Gasteiger charge is -2.13. The van der Waals surface area contributed by atoms with Crippen molar-refractivity contribution in [2.24, 2.45) is 7.05 Å². The van der Waals surface area contributed by atoms with Gasteiger partial charge >= 0.3 is 0 Å². The van der Waals surface area contributed by atoms with E-state index in [1.54, 1.807) is 31.3 Å². The molecule has 1 aromatic carbocycles. The summed E-state index contributed by atoms with van der Waals surface area (Å²) in [4.78, 5) is 37.2. The van der Waals surface area contributed by atoms with Gasteiger partial charge in [-0.2, -0.15) is 5.10 Å². The van der Waals surface area contributed by atoms with Gasteiger partial charge in [-0.05, 0) is 12.1 Å². The van der Waals surface area contributed by atoms with Crippen molar-refractivity contribution < 1.29 is 14.4 Å². The number of amides is 3. The van der Waals surface area contributed by atoms with Gasteiger partial charge in [-0.1, -0.05) is 12.1 Å². The molecule has 2 heterocycles. The van der Waals surface area contributed by atoms with Crippen LogP contribution >= 0.6 is 0 Å². The topological polar surface area (TPSA) is 110 Å². The normalized spacial score (nSPS) is 13.4. The Morgan fingerprint density at radius 3 is 2.32 bits per heavy atom. The highest BCUT2D eigenvalue weighted by atomic mass is 16.2. The van der Waals surface area contributed by atoms with Crippen molar-refractivity contribution in [2.45, 2.75) is 0 Å². The summed E-state index contributed by atoms with van der Waals surface area (Å²) in [6.45, 7) is -0.374. The first kappa shape index (κ1) is 13.8. The molecule has 3 N–H and O–H groups in total. The van der Waals surface area contributed by atoms with Gasteiger partial charge in [0.2, 0.25) is 5.91 Å². The molecule has 0 unspecified atom stereocenters. The summed E-state index contributed by atoms with van der Waals surface area (Å²) in [5, 5.41) is 6.43. The molecule has 8 heteroatoms. The van der Waals surface area contributed by atoms with Gasteiger partial charge in [-0.25, -0.2) is 0 Å². The maximum absolute atomic E-state index is 12.2. The summed E-state index contributed by atoms with van der Waals surface area (Å²) < 4.78 is 1.40. The first-order valence-corrected chi connectivity index (χ1v) is 6.51. The summed E-state index contributed by atoms with van der Waals surface area (Å²) >= 11 is 0. The van der Waals surface area contributed by atoms with Gasteiger partial charge in [0, 0.05) is 7.05 Å². The molecule has 0 bridgehead atoms. The van der Waals surface area contributed by atoms with Gasteiger partial charge in [-0.15, -0.1) is 0 Å². The number of aryl methyl sites for hydroxylation is 1. The molecule has 0 saturated heterocycles. The minimum atomic E-state index is -0.519. The predicted molar refractivity (Wildman–Crippen MR) is 78.1 cm³/mol. The van der Waals surface area contributed by atoms with Crippen molar-refractivity contribution in [3.63, 3.8) is 0 Å². The van der Waals surface area contributed by atoms with Crippen LogP contribution in [0.1, 0.15) is 20.7 Å². The van der Waals surface area contributed by atoms with Crippen LogP contribution < -0.4 is 11.1 Å². The van der Waals surface area contributed by atoms with Crippen LogP contribution in [0.4, 0.5) is 11.5 Å². The van der Waals surface area contributed by atoms with E-state index in [1.807, 2.05) is 0 Å². The largest absolute Gasteiger partial charge is 0.382 e. The average molecular weight is 299 g/mol. The number of carbonyl (C=O) groups excluding carboxylic acids is 3. The molecule has 0 spiro atoms. The van der Waals surface area contributed by atoms with E-state index in [2.05, 4.69) is 10.4 Å². The number of nitrogens with one attached hydrogen (secondary N) is 1. The number of rotatable bonds is 3. The highest BCUT2D eigenvalue weighted by Gasteiger charge is 2.36. The maximum atomic E-state index is 12.2. The van der Waals surface area contributed by atoms with E-state index in [4.69, 9.17) is 5.73 Å².